The van der Waals surface area contributed by atoms with E-state index in [-0.39, 0.29) is 12.5 Å². The second-order valence-electron chi connectivity index (χ2n) is 6.61. The summed E-state index contributed by atoms with van der Waals surface area (Å²) in [5.41, 5.74) is 0. The molecule has 0 rings (SSSR count). The number of unbranched alkanes of at least 4 members (excludes halogenated alkanes) is 10. The third-order valence-corrected chi connectivity index (χ3v) is 4.32. The van der Waals surface area contributed by atoms with Crippen molar-refractivity contribution in [2.45, 2.75) is 84.0 Å². The van der Waals surface area contributed by atoms with Crippen LogP contribution in [0.1, 0.15) is 84.0 Å². The molecule has 2 N–H and O–H groups in total. The Bertz CT molecular complexity index is 370. The molecular formula is C20H38N2O3. The first-order valence-corrected chi connectivity index (χ1v) is 9.95. The first-order valence-electron chi connectivity index (χ1n) is 9.95. The average molecular weight is 355 g/mol. The van der Waals surface area contributed by atoms with E-state index in [4.69, 9.17) is 5.11 Å². The summed E-state index contributed by atoms with van der Waals surface area (Å²) in [7, 11) is 1.52. The van der Waals surface area contributed by atoms with Crippen molar-refractivity contribution in [3.05, 3.63) is 12.2 Å². The Morgan fingerprint density at radius 2 is 1.40 bits per heavy atom. The molecule has 0 aliphatic heterocycles. The molecule has 0 fully saturated rings. The molecular weight excluding hydrogens is 316 g/mol. The number of allylic oxidation sites excluding steroid dienone is 2. The molecule has 2 amide bonds. The number of carboxylic acid groups (broad SMARTS) is 1. The fourth-order valence-electron chi connectivity index (χ4n) is 2.69. The highest BCUT2D eigenvalue weighted by atomic mass is 16.4. The summed E-state index contributed by atoms with van der Waals surface area (Å²) in [5, 5.41) is 11.5. The van der Waals surface area contributed by atoms with E-state index in [1.54, 1.807) is 0 Å². The minimum atomic E-state index is -1.02. The predicted molar refractivity (Wildman–Crippen MR) is 104 cm³/mol. The lowest BCUT2D eigenvalue weighted by Crippen LogP contribution is -2.39. The molecule has 5 heteroatoms. The van der Waals surface area contributed by atoms with Crippen molar-refractivity contribution in [1.82, 2.24) is 10.2 Å². The molecule has 0 heterocycles. The van der Waals surface area contributed by atoms with Crippen LogP contribution in [0, 0.1) is 0 Å². The highest BCUT2D eigenvalue weighted by molar-refractivity contribution is 5.81. The van der Waals surface area contributed by atoms with Crippen LogP contribution in [0.3, 0.4) is 0 Å². The van der Waals surface area contributed by atoms with Crippen molar-refractivity contribution in [2.24, 2.45) is 0 Å². The molecule has 0 aliphatic rings. The van der Waals surface area contributed by atoms with Crippen LogP contribution in [0.4, 0.5) is 4.79 Å². The lowest BCUT2D eigenvalue weighted by Gasteiger charge is -2.17. The van der Waals surface area contributed by atoms with E-state index in [0.29, 0.717) is 6.54 Å². The van der Waals surface area contributed by atoms with Gasteiger partial charge in [-0.15, -0.1) is 0 Å². The maximum absolute atomic E-state index is 11.3. The topological polar surface area (TPSA) is 69.6 Å². The van der Waals surface area contributed by atoms with Gasteiger partial charge in [0.25, 0.3) is 0 Å². The lowest BCUT2D eigenvalue weighted by molar-refractivity contribution is -0.121. The number of hydrogen-bond donors (Lipinski definition) is 2. The average Bonchev–Trinajstić information content (AvgIpc) is 2.60. The van der Waals surface area contributed by atoms with Gasteiger partial charge in [0.05, 0.1) is 0 Å². The SMILES string of the molecule is CCCCCCC=CCCCCCCCCN(CC(=O)NC)C(=O)O. The minimum Gasteiger partial charge on any atom is -0.465 e. The third kappa shape index (κ3) is 15.7. The molecule has 0 spiro atoms. The van der Waals surface area contributed by atoms with E-state index in [9.17, 15) is 9.59 Å². The number of nitrogens with zero attached hydrogens (tertiary/aromatic N) is 1. The number of hydrogen-bond acceptors (Lipinski definition) is 2. The summed E-state index contributed by atoms with van der Waals surface area (Å²) in [6.45, 7) is 2.60. The van der Waals surface area contributed by atoms with Gasteiger partial charge in [-0.25, -0.2) is 4.79 Å². The Hall–Kier alpha value is -1.52. The van der Waals surface area contributed by atoms with Crippen molar-refractivity contribution < 1.29 is 14.7 Å². The number of carbonyl (C=O) groups excluding carboxylic acids is 1. The van der Waals surface area contributed by atoms with Crippen molar-refractivity contribution in [1.29, 1.82) is 0 Å². The molecule has 0 saturated carbocycles. The summed E-state index contributed by atoms with van der Waals surface area (Å²) < 4.78 is 0. The molecule has 0 aromatic rings. The number of nitrogens with one attached hydrogen (secondary N) is 1. The van der Waals surface area contributed by atoms with E-state index in [2.05, 4.69) is 24.4 Å². The van der Waals surface area contributed by atoms with Gasteiger partial charge >= 0.3 is 6.09 Å². The van der Waals surface area contributed by atoms with Crippen LogP contribution < -0.4 is 5.32 Å². The molecule has 0 aliphatic carbocycles. The van der Waals surface area contributed by atoms with Gasteiger partial charge in [-0.3, -0.25) is 9.69 Å². The zero-order chi connectivity index (χ0) is 18.8. The van der Waals surface area contributed by atoms with Crippen LogP contribution in [0.5, 0.6) is 0 Å². The van der Waals surface area contributed by atoms with Crippen molar-refractivity contribution >= 4 is 12.0 Å². The molecule has 0 aromatic carbocycles. The van der Waals surface area contributed by atoms with Gasteiger partial charge in [-0.1, -0.05) is 64.0 Å². The maximum atomic E-state index is 11.3. The molecule has 146 valence electrons. The van der Waals surface area contributed by atoms with Crippen LogP contribution in [-0.2, 0) is 4.79 Å². The fraction of sp³-hybridized carbons (Fsp3) is 0.800. The summed E-state index contributed by atoms with van der Waals surface area (Å²) in [6.07, 6.45) is 18.0. The highest BCUT2D eigenvalue weighted by Crippen LogP contribution is 2.09. The van der Waals surface area contributed by atoms with Gasteiger partial charge in [0.15, 0.2) is 0 Å². The normalized spacial score (nSPS) is 11.0. The van der Waals surface area contributed by atoms with E-state index < -0.39 is 6.09 Å². The summed E-state index contributed by atoms with van der Waals surface area (Å²) in [6, 6.07) is 0. The largest absolute Gasteiger partial charge is 0.465 e. The van der Waals surface area contributed by atoms with E-state index in [1.807, 2.05) is 0 Å². The van der Waals surface area contributed by atoms with Gasteiger partial charge in [0, 0.05) is 13.6 Å². The molecule has 0 bridgehead atoms. The summed E-state index contributed by atoms with van der Waals surface area (Å²) >= 11 is 0. The van der Waals surface area contributed by atoms with Crippen molar-refractivity contribution in [2.75, 3.05) is 20.1 Å². The Morgan fingerprint density at radius 1 is 0.880 bits per heavy atom. The zero-order valence-corrected chi connectivity index (χ0v) is 16.3. The molecule has 5 nitrogen and oxygen atoms in total. The second-order valence-corrected chi connectivity index (χ2v) is 6.61. The lowest BCUT2D eigenvalue weighted by atomic mass is 10.1. The third-order valence-electron chi connectivity index (χ3n) is 4.32. The quantitative estimate of drug-likeness (QED) is 0.304. The van der Waals surface area contributed by atoms with Gasteiger partial charge in [-0.05, 0) is 32.1 Å². The van der Waals surface area contributed by atoms with E-state index in [0.717, 1.165) is 19.3 Å². The Kier molecular flexibility index (Phi) is 16.3. The van der Waals surface area contributed by atoms with Crippen molar-refractivity contribution in [3.63, 3.8) is 0 Å². The first kappa shape index (κ1) is 23.5. The van der Waals surface area contributed by atoms with Crippen LogP contribution in [-0.4, -0.2) is 42.1 Å². The first-order chi connectivity index (χ1) is 12.1. The predicted octanol–water partition coefficient (Wildman–Crippen LogP) is 4.97. The van der Waals surface area contributed by atoms with E-state index in [1.165, 1.54) is 69.7 Å². The van der Waals surface area contributed by atoms with Gasteiger partial charge in [-0.2, -0.15) is 0 Å². The number of likely N-dealkylation sites (N-methyl/N-ethyl adjacent to an activating group) is 1. The van der Waals surface area contributed by atoms with Gasteiger partial charge in [0.1, 0.15) is 6.54 Å². The molecule has 0 radical (unpaired) electrons. The second kappa shape index (κ2) is 17.3. The highest BCUT2D eigenvalue weighted by Gasteiger charge is 2.14. The maximum Gasteiger partial charge on any atom is 0.407 e. The molecule has 0 unspecified atom stereocenters. The standard InChI is InChI=1S/C20H38N2O3/c1-3-4-5-6-7-8-9-10-11-12-13-14-15-16-17-22(20(24)25)18-19(23)21-2/h8-9H,3-7,10-18H2,1-2H3,(H,21,23)(H,24,25). The number of amides is 2. The summed E-state index contributed by atoms with van der Waals surface area (Å²) in [5.74, 6) is -0.263. The van der Waals surface area contributed by atoms with Crippen LogP contribution >= 0.6 is 0 Å². The van der Waals surface area contributed by atoms with Gasteiger partial charge in [0.2, 0.25) is 5.91 Å². The Morgan fingerprint density at radius 3 is 1.92 bits per heavy atom. The van der Waals surface area contributed by atoms with Crippen LogP contribution in [0.25, 0.3) is 0 Å². The molecule has 0 saturated heterocycles. The summed E-state index contributed by atoms with van der Waals surface area (Å²) in [4.78, 5) is 23.5. The Balaban J connectivity index is 3.46. The zero-order valence-electron chi connectivity index (χ0n) is 16.3. The number of carbonyl (C=O) groups is 2. The minimum absolute atomic E-state index is 0.0728. The van der Waals surface area contributed by atoms with Crippen molar-refractivity contribution in [3.8, 4) is 0 Å². The molecule has 0 aromatic heterocycles. The van der Waals surface area contributed by atoms with Gasteiger partial charge < -0.3 is 10.4 Å². The number of rotatable bonds is 16. The van der Waals surface area contributed by atoms with Crippen LogP contribution in [0.15, 0.2) is 12.2 Å². The van der Waals surface area contributed by atoms with E-state index >= 15 is 0 Å². The van der Waals surface area contributed by atoms with Crippen LogP contribution in [0.2, 0.25) is 0 Å². The fourth-order valence-corrected chi connectivity index (χ4v) is 2.69. The monoisotopic (exact) mass is 354 g/mol. The Labute approximate surface area is 153 Å². The smallest absolute Gasteiger partial charge is 0.407 e. The molecule has 0 atom stereocenters. The molecule has 25 heavy (non-hydrogen) atoms.